The van der Waals surface area contributed by atoms with E-state index in [2.05, 4.69) is 0 Å². The number of rotatable bonds is 4. The Bertz CT molecular complexity index is 350. The van der Waals surface area contributed by atoms with Gasteiger partial charge in [0, 0.05) is 23.9 Å². The Balaban J connectivity index is 3.03. The quantitative estimate of drug-likeness (QED) is 0.564. The van der Waals surface area contributed by atoms with Crippen molar-refractivity contribution in [3.05, 3.63) is 29.3 Å². The highest BCUT2D eigenvalue weighted by molar-refractivity contribution is 5.49. The Morgan fingerprint density at radius 2 is 1.88 bits per heavy atom. The summed E-state index contributed by atoms with van der Waals surface area (Å²) in [6.07, 6.45) is -3.07. The maximum Gasteiger partial charge on any atom is 0.134 e. The molecule has 16 heavy (non-hydrogen) atoms. The minimum atomic E-state index is -1.59. The third-order valence-electron chi connectivity index (χ3n) is 2.21. The van der Waals surface area contributed by atoms with Crippen molar-refractivity contribution in [3.63, 3.8) is 0 Å². The molecule has 0 heterocycles. The Labute approximate surface area is 90.9 Å². The van der Waals surface area contributed by atoms with Crippen LogP contribution in [0.3, 0.4) is 0 Å². The van der Waals surface area contributed by atoms with E-state index in [0.717, 1.165) is 6.07 Å². The number of anilines is 1. The second-order valence-corrected chi connectivity index (χ2v) is 3.41. The standard InChI is InChI=1S/C10H13F2NO3/c11-5-3-6(12)9(7(13)4-5)10(16)8(15)1-2-14/h3-4,8,10,14-16H,1-2,13H2. The second-order valence-electron chi connectivity index (χ2n) is 3.41. The minimum absolute atomic E-state index is 0.128. The predicted molar refractivity (Wildman–Crippen MR) is 53.4 cm³/mol. The van der Waals surface area contributed by atoms with Gasteiger partial charge in [0.25, 0.3) is 0 Å². The number of hydrogen-bond donors (Lipinski definition) is 4. The molecule has 90 valence electrons. The average molecular weight is 233 g/mol. The van der Waals surface area contributed by atoms with Gasteiger partial charge in [-0.25, -0.2) is 8.78 Å². The van der Waals surface area contributed by atoms with E-state index in [-0.39, 0.29) is 24.3 Å². The zero-order chi connectivity index (χ0) is 12.3. The first kappa shape index (κ1) is 12.8. The molecule has 2 atom stereocenters. The van der Waals surface area contributed by atoms with E-state index >= 15 is 0 Å². The number of halogens is 2. The molecule has 4 nitrogen and oxygen atoms in total. The van der Waals surface area contributed by atoms with Gasteiger partial charge in [-0.2, -0.15) is 0 Å². The van der Waals surface area contributed by atoms with Crippen LogP contribution in [0.15, 0.2) is 12.1 Å². The van der Waals surface area contributed by atoms with Crippen molar-refractivity contribution in [2.75, 3.05) is 12.3 Å². The van der Waals surface area contributed by atoms with Crippen LogP contribution >= 0.6 is 0 Å². The van der Waals surface area contributed by atoms with Crippen LogP contribution in [0.2, 0.25) is 0 Å². The van der Waals surface area contributed by atoms with E-state index in [0.29, 0.717) is 6.07 Å². The van der Waals surface area contributed by atoms with E-state index in [1.807, 2.05) is 0 Å². The summed E-state index contributed by atoms with van der Waals surface area (Å²) in [7, 11) is 0. The van der Waals surface area contributed by atoms with E-state index in [1.54, 1.807) is 0 Å². The van der Waals surface area contributed by atoms with Gasteiger partial charge in [-0.15, -0.1) is 0 Å². The molecular weight excluding hydrogens is 220 g/mol. The van der Waals surface area contributed by atoms with Crippen molar-refractivity contribution in [1.82, 2.24) is 0 Å². The first-order valence-electron chi connectivity index (χ1n) is 4.68. The van der Waals surface area contributed by atoms with E-state index < -0.39 is 23.8 Å². The van der Waals surface area contributed by atoms with Crippen LogP contribution in [0.25, 0.3) is 0 Å². The Morgan fingerprint density at radius 1 is 1.25 bits per heavy atom. The molecule has 6 heteroatoms. The van der Waals surface area contributed by atoms with Crippen molar-refractivity contribution in [1.29, 1.82) is 0 Å². The highest BCUT2D eigenvalue weighted by Gasteiger charge is 2.24. The van der Waals surface area contributed by atoms with Gasteiger partial charge in [-0.05, 0) is 12.5 Å². The van der Waals surface area contributed by atoms with Crippen LogP contribution in [-0.2, 0) is 0 Å². The molecule has 0 radical (unpaired) electrons. The fourth-order valence-electron chi connectivity index (χ4n) is 1.40. The zero-order valence-electron chi connectivity index (χ0n) is 8.40. The lowest BCUT2D eigenvalue weighted by molar-refractivity contribution is 0.00273. The Morgan fingerprint density at radius 3 is 2.38 bits per heavy atom. The topological polar surface area (TPSA) is 86.7 Å². The number of aliphatic hydroxyl groups is 3. The van der Waals surface area contributed by atoms with Crippen molar-refractivity contribution in [2.45, 2.75) is 18.6 Å². The van der Waals surface area contributed by atoms with Crippen LogP contribution in [0.5, 0.6) is 0 Å². The molecule has 0 amide bonds. The molecule has 0 aliphatic carbocycles. The molecule has 0 saturated carbocycles. The lowest BCUT2D eigenvalue weighted by Gasteiger charge is -2.19. The highest BCUT2D eigenvalue weighted by atomic mass is 19.1. The van der Waals surface area contributed by atoms with Gasteiger partial charge in [0.15, 0.2) is 0 Å². The van der Waals surface area contributed by atoms with Gasteiger partial charge in [0.1, 0.15) is 17.7 Å². The smallest absolute Gasteiger partial charge is 0.134 e. The number of aliphatic hydroxyl groups excluding tert-OH is 3. The summed E-state index contributed by atoms with van der Waals surface area (Å²) in [4.78, 5) is 0. The van der Waals surface area contributed by atoms with Crippen LogP contribution < -0.4 is 5.73 Å². The summed E-state index contributed by atoms with van der Waals surface area (Å²) in [5.74, 6) is -1.88. The van der Waals surface area contributed by atoms with Crippen LogP contribution in [0.1, 0.15) is 18.1 Å². The van der Waals surface area contributed by atoms with Crippen molar-refractivity contribution in [2.24, 2.45) is 0 Å². The summed E-state index contributed by atoms with van der Waals surface area (Å²) in [6.45, 7) is -0.360. The SMILES string of the molecule is Nc1cc(F)cc(F)c1C(O)C(O)CCO. The lowest BCUT2D eigenvalue weighted by Crippen LogP contribution is -2.21. The molecule has 0 spiro atoms. The van der Waals surface area contributed by atoms with Crippen molar-refractivity contribution < 1.29 is 24.1 Å². The van der Waals surface area contributed by atoms with Gasteiger partial charge in [-0.3, -0.25) is 0 Å². The van der Waals surface area contributed by atoms with Gasteiger partial charge >= 0.3 is 0 Å². The molecule has 1 rings (SSSR count). The van der Waals surface area contributed by atoms with E-state index in [4.69, 9.17) is 10.8 Å². The molecule has 0 aliphatic rings. The molecule has 1 aromatic rings. The fourth-order valence-corrected chi connectivity index (χ4v) is 1.40. The monoisotopic (exact) mass is 233 g/mol. The van der Waals surface area contributed by atoms with Crippen molar-refractivity contribution >= 4 is 5.69 Å². The van der Waals surface area contributed by atoms with Crippen LogP contribution in [0, 0.1) is 11.6 Å². The maximum atomic E-state index is 13.3. The largest absolute Gasteiger partial charge is 0.398 e. The third-order valence-corrected chi connectivity index (χ3v) is 2.21. The minimum Gasteiger partial charge on any atom is -0.398 e. The Kier molecular flexibility index (Phi) is 4.17. The Hall–Kier alpha value is -1.24. The second kappa shape index (κ2) is 5.20. The number of hydrogen-bond acceptors (Lipinski definition) is 4. The predicted octanol–water partition coefficient (Wildman–Crippen LogP) is 0.324. The van der Waals surface area contributed by atoms with Gasteiger partial charge < -0.3 is 21.1 Å². The molecule has 2 unspecified atom stereocenters. The molecule has 1 aromatic carbocycles. The molecule has 0 aliphatic heterocycles. The third kappa shape index (κ3) is 2.66. The van der Waals surface area contributed by atoms with Gasteiger partial charge in [0.2, 0.25) is 0 Å². The summed E-state index contributed by atoms with van der Waals surface area (Å²) >= 11 is 0. The number of nitrogen functional groups attached to an aromatic ring is 1. The van der Waals surface area contributed by atoms with Gasteiger partial charge in [-0.1, -0.05) is 0 Å². The summed E-state index contributed by atoms with van der Waals surface area (Å²) in [6, 6.07) is 1.42. The summed E-state index contributed by atoms with van der Waals surface area (Å²) in [5, 5.41) is 27.5. The maximum absolute atomic E-state index is 13.3. The highest BCUT2D eigenvalue weighted by Crippen LogP contribution is 2.28. The molecule has 5 N–H and O–H groups in total. The van der Waals surface area contributed by atoms with E-state index in [1.165, 1.54) is 0 Å². The molecule has 0 aromatic heterocycles. The van der Waals surface area contributed by atoms with Crippen molar-refractivity contribution in [3.8, 4) is 0 Å². The summed E-state index contributed by atoms with van der Waals surface area (Å²) in [5.41, 5.74) is 4.71. The lowest BCUT2D eigenvalue weighted by atomic mass is 10.00. The average Bonchev–Trinajstić information content (AvgIpc) is 2.16. The normalized spacial score (nSPS) is 14.8. The molecule has 0 saturated heterocycles. The number of benzene rings is 1. The fraction of sp³-hybridized carbons (Fsp3) is 0.400. The first-order chi connectivity index (χ1) is 7.47. The summed E-state index contributed by atoms with van der Waals surface area (Å²) < 4.78 is 26.0. The van der Waals surface area contributed by atoms with E-state index in [9.17, 15) is 19.0 Å². The molecule has 0 bridgehead atoms. The van der Waals surface area contributed by atoms with Crippen LogP contribution in [0.4, 0.5) is 14.5 Å². The van der Waals surface area contributed by atoms with Gasteiger partial charge in [0.05, 0.1) is 6.10 Å². The van der Waals surface area contributed by atoms with Crippen LogP contribution in [-0.4, -0.2) is 28.0 Å². The zero-order valence-corrected chi connectivity index (χ0v) is 8.40. The molecule has 0 fully saturated rings. The number of nitrogens with two attached hydrogens (primary N) is 1. The molecular formula is C10H13F2NO3. The first-order valence-corrected chi connectivity index (χ1v) is 4.68.